The van der Waals surface area contributed by atoms with Gasteiger partial charge in [0, 0.05) is 39.5 Å². The fraction of sp³-hybridized carbons (Fsp3) is 0.148. The molecule has 6 heterocycles. The van der Waals surface area contributed by atoms with Crippen LogP contribution in [0.3, 0.4) is 0 Å². The maximum absolute atomic E-state index is 13.7. The minimum absolute atomic E-state index is 0.251. The zero-order valence-electron chi connectivity index (χ0n) is 20.2. The van der Waals surface area contributed by atoms with E-state index in [9.17, 15) is 4.39 Å². The Hall–Kier alpha value is -4.44. The van der Waals surface area contributed by atoms with Crippen LogP contribution in [0.5, 0.6) is 0 Å². The number of rotatable bonds is 7. The lowest BCUT2D eigenvalue weighted by molar-refractivity contribution is 0.645. The highest BCUT2D eigenvalue weighted by atomic mass is 32.1. The van der Waals surface area contributed by atoms with E-state index in [0.29, 0.717) is 23.0 Å². The zero-order chi connectivity index (χ0) is 25.5. The van der Waals surface area contributed by atoms with Gasteiger partial charge in [0.2, 0.25) is 0 Å². The third-order valence-electron chi connectivity index (χ3n) is 5.91. The molecule has 0 saturated heterocycles. The number of aromatic nitrogens is 7. The summed E-state index contributed by atoms with van der Waals surface area (Å²) in [6.45, 7) is 8.43. The number of imidazole rings is 1. The smallest absolute Gasteiger partial charge is 0.176 e. The monoisotopic (exact) mass is 510 g/mol. The molecule has 0 unspecified atom stereocenters. The van der Waals surface area contributed by atoms with Crippen molar-refractivity contribution in [1.82, 2.24) is 35.1 Å². The molecule has 0 spiro atoms. The van der Waals surface area contributed by atoms with Crippen molar-refractivity contribution >= 4 is 39.0 Å². The number of allylic oxidation sites excluding steroid dienone is 1. The van der Waals surface area contributed by atoms with Gasteiger partial charge in [-0.1, -0.05) is 20.4 Å². The van der Waals surface area contributed by atoms with Gasteiger partial charge < -0.3 is 10.3 Å². The highest BCUT2D eigenvalue weighted by molar-refractivity contribution is 7.14. The second-order valence-corrected chi connectivity index (χ2v) is 10.3. The molecule has 0 amide bonds. The molecule has 0 radical (unpaired) electrons. The Bertz CT molecular complexity index is 1760. The first-order valence-corrected chi connectivity index (χ1v) is 12.6. The van der Waals surface area contributed by atoms with Crippen molar-refractivity contribution in [2.75, 3.05) is 5.32 Å². The van der Waals surface area contributed by atoms with Gasteiger partial charge in [0.05, 0.1) is 41.0 Å². The molecule has 0 aliphatic rings. The SMILES string of the molecule is C=C(CC(C)C)Nc1cncc(-c2cc3c(-c4nc5c(-c6ccc(F)s6)cncc5[nH]4)n[nH]c3cn2)c1. The summed E-state index contributed by atoms with van der Waals surface area (Å²) in [6, 6.07) is 7.16. The van der Waals surface area contributed by atoms with Crippen molar-refractivity contribution in [2.45, 2.75) is 20.3 Å². The summed E-state index contributed by atoms with van der Waals surface area (Å²) < 4.78 is 13.7. The minimum Gasteiger partial charge on any atom is -0.358 e. The van der Waals surface area contributed by atoms with Crippen molar-refractivity contribution in [3.63, 3.8) is 0 Å². The number of H-pyrrole nitrogens is 2. The molecule has 10 heteroatoms. The molecule has 0 saturated carbocycles. The highest BCUT2D eigenvalue weighted by Crippen LogP contribution is 2.34. The molecule has 37 heavy (non-hydrogen) atoms. The van der Waals surface area contributed by atoms with Crippen LogP contribution in [0.2, 0.25) is 0 Å². The van der Waals surface area contributed by atoms with E-state index in [4.69, 9.17) is 4.98 Å². The van der Waals surface area contributed by atoms with Gasteiger partial charge in [-0.3, -0.25) is 20.1 Å². The standard InChI is InChI=1S/C27H23FN8S/c1-14(2)6-15(3)32-17-7-16(9-29-10-17)20-8-18-21(13-31-20)35-36-26(18)27-33-22-12-30-11-19(25(22)34-27)23-4-5-24(28)37-23/h4-5,7-14,32H,3,6H2,1-2H3,(H,33,34)(H,35,36). The van der Waals surface area contributed by atoms with Crippen LogP contribution in [0.4, 0.5) is 10.1 Å². The van der Waals surface area contributed by atoms with Crippen LogP contribution in [0.25, 0.3) is 55.2 Å². The topological polar surface area (TPSA) is 108 Å². The van der Waals surface area contributed by atoms with Crippen molar-refractivity contribution in [3.8, 4) is 33.2 Å². The molecule has 6 rings (SSSR count). The summed E-state index contributed by atoms with van der Waals surface area (Å²) in [7, 11) is 0. The summed E-state index contributed by atoms with van der Waals surface area (Å²) in [5.74, 6) is 1.10. The first-order valence-electron chi connectivity index (χ1n) is 11.8. The van der Waals surface area contributed by atoms with E-state index >= 15 is 0 Å². The van der Waals surface area contributed by atoms with E-state index in [1.54, 1.807) is 37.1 Å². The summed E-state index contributed by atoms with van der Waals surface area (Å²) in [5.41, 5.74) is 7.10. The maximum atomic E-state index is 13.7. The van der Waals surface area contributed by atoms with Crippen LogP contribution in [0.1, 0.15) is 20.3 Å². The Morgan fingerprint density at radius 1 is 1.08 bits per heavy atom. The molecule has 0 atom stereocenters. The highest BCUT2D eigenvalue weighted by Gasteiger charge is 2.17. The van der Waals surface area contributed by atoms with Gasteiger partial charge in [-0.2, -0.15) is 9.49 Å². The molecule has 184 valence electrons. The third kappa shape index (κ3) is 4.47. The molecule has 0 aliphatic heterocycles. The second kappa shape index (κ2) is 9.21. The molecule has 6 aromatic rings. The van der Waals surface area contributed by atoms with Gasteiger partial charge in [0.15, 0.2) is 11.0 Å². The van der Waals surface area contributed by atoms with E-state index < -0.39 is 0 Å². The summed E-state index contributed by atoms with van der Waals surface area (Å²) in [6.07, 6.45) is 9.59. The van der Waals surface area contributed by atoms with E-state index in [1.165, 1.54) is 6.07 Å². The Balaban J connectivity index is 1.38. The summed E-state index contributed by atoms with van der Waals surface area (Å²) >= 11 is 1.06. The Labute approximate surface area is 215 Å². The number of hydrogen-bond acceptors (Lipinski definition) is 7. The van der Waals surface area contributed by atoms with Crippen LogP contribution in [-0.4, -0.2) is 35.1 Å². The van der Waals surface area contributed by atoms with Gasteiger partial charge in [-0.25, -0.2) is 4.98 Å². The van der Waals surface area contributed by atoms with Gasteiger partial charge in [-0.05, 0) is 36.6 Å². The van der Waals surface area contributed by atoms with Gasteiger partial charge in [-0.15, -0.1) is 11.3 Å². The van der Waals surface area contributed by atoms with E-state index in [2.05, 4.69) is 55.9 Å². The number of nitrogens with zero attached hydrogens (tertiary/aromatic N) is 5. The molecule has 6 aromatic heterocycles. The molecular weight excluding hydrogens is 487 g/mol. The van der Waals surface area contributed by atoms with Crippen molar-refractivity contribution in [2.24, 2.45) is 5.92 Å². The summed E-state index contributed by atoms with van der Waals surface area (Å²) in [5, 5.41) is 11.5. The number of nitrogens with one attached hydrogen (secondary N) is 3. The lowest BCUT2D eigenvalue weighted by Gasteiger charge is -2.12. The van der Waals surface area contributed by atoms with E-state index in [1.807, 2.05) is 12.1 Å². The average Bonchev–Trinajstić information content (AvgIpc) is 3.60. The van der Waals surface area contributed by atoms with Gasteiger partial charge >= 0.3 is 0 Å². The normalized spacial score (nSPS) is 11.6. The predicted molar refractivity (Wildman–Crippen MR) is 145 cm³/mol. The zero-order valence-corrected chi connectivity index (χ0v) is 21.0. The van der Waals surface area contributed by atoms with Crippen LogP contribution >= 0.6 is 11.3 Å². The van der Waals surface area contributed by atoms with Crippen molar-refractivity contribution in [3.05, 3.63) is 72.7 Å². The van der Waals surface area contributed by atoms with Crippen molar-refractivity contribution in [1.29, 1.82) is 0 Å². The molecule has 3 N–H and O–H groups in total. The number of halogens is 1. The lowest BCUT2D eigenvalue weighted by atomic mass is 10.1. The van der Waals surface area contributed by atoms with Crippen LogP contribution < -0.4 is 5.32 Å². The number of anilines is 1. The Morgan fingerprint density at radius 2 is 1.95 bits per heavy atom. The Kier molecular flexibility index (Phi) is 5.72. The number of fused-ring (bicyclic) bond motifs is 2. The minimum atomic E-state index is -0.251. The molecule has 0 aliphatic carbocycles. The Morgan fingerprint density at radius 3 is 2.76 bits per heavy atom. The number of pyridine rings is 3. The van der Waals surface area contributed by atoms with Crippen LogP contribution in [0.15, 0.2) is 67.5 Å². The molecule has 8 nitrogen and oxygen atoms in total. The quantitative estimate of drug-likeness (QED) is 0.218. The second-order valence-electron chi connectivity index (χ2n) is 9.25. The number of hydrogen-bond donors (Lipinski definition) is 3. The van der Waals surface area contributed by atoms with Gasteiger partial charge in [0.1, 0.15) is 11.2 Å². The lowest BCUT2D eigenvalue weighted by Crippen LogP contribution is -2.02. The van der Waals surface area contributed by atoms with Gasteiger partial charge in [0.25, 0.3) is 0 Å². The molecule has 0 bridgehead atoms. The largest absolute Gasteiger partial charge is 0.358 e. The maximum Gasteiger partial charge on any atom is 0.176 e. The molecule has 0 aromatic carbocycles. The number of aromatic amines is 2. The predicted octanol–water partition coefficient (Wildman–Crippen LogP) is 6.80. The first-order chi connectivity index (χ1) is 17.9. The first kappa shape index (κ1) is 23.0. The molecule has 0 fully saturated rings. The fourth-order valence-corrected chi connectivity index (χ4v) is 5.08. The number of thiophene rings is 1. The van der Waals surface area contributed by atoms with Crippen molar-refractivity contribution < 1.29 is 4.39 Å². The van der Waals surface area contributed by atoms with Crippen LogP contribution in [0, 0.1) is 11.0 Å². The van der Waals surface area contributed by atoms with E-state index in [0.717, 1.165) is 67.3 Å². The average molecular weight is 511 g/mol. The van der Waals surface area contributed by atoms with Crippen LogP contribution in [-0.2, 0) is 0 Å². The molecular formula is C27H23FN8S. The van der Waals surface area contributed by atoms with E-state index in [-0.39, 0.29) is 5.13 Å². The third-order valence-corrected chi connectivity index (χ3v) is 6.82. The summed E-state index contributed by atoms with van der Waals surface area (Å²) in [4.78, 5) is 22.2. The fourth-order valence-electron chi connectivity index (χ4n) is 4.34.